The molecule has 0 bridgehead atoms. The highest BCUT2D eigenvalue weighted by Gasteiger charge is 2.15. The van der Waals surface area contributed by atoms with Crippen LogP contribution in [0, 0.1) is 12.7 Å². The van der Waals surface area contributed by atoms with Crippen molar-refractivity contribution in [3.8, 4) is 5.69 Å². The van der Waals surface area contributed by atoms with E-state index in [1.807, 2.05) is 6.92 Å². The predicted octanol–water partition coefficient (Wildman–Crippen LogP) is 2.39. The molecule has 0 saturated heterocycles. The molecule has 2 aromatic rings. The molecule has 2 N–H and O–H groups in total. The van der Waals surface area contributed by atoms with Gasteiger partial charge in [-0.05, 0) is 44.2 Å². The zero-order valence-corrected chi connectivity index (χ0v) is 14.2. The van der Waals surface area contributed by atoms with E-state index < -0.39 is 0 Å². The van der Waals surface area contributed by atoms with Crippen LogP contribution >= 0.6 is 12.4 Å². The molecule has 0 saturated carbocycles. The average molecular weight is 351 g/mol. The van der Waals surface area contributed by atoms with Crippen molar-refractivity contribution in [1.82, 2.24) is 20.4 Å². The van der Waals surface area contributed by atoms with Crippen LogP contribution in [0.15, 0.2) is 42.1 Å². The van der Waals surface area contributed by atoms with E-state index in [0.717, 1.165) is 30.9 Å². The summed E-state index contributed by atoms with van der Waals surface area (Å²) in [6, 6.07) is 6.02. The Labute approximate surface area is 146 Å². The van der Waals surface area contributed by atoms with Crippen molar-refractivity contribution in [3.05, 3.63) is 59.2 Å². The summed E-state index contributed by atoms with van der Waals surface area (Å²) in [5.41, 5.74) is 3.22. The van der Waals surface area contributed by atoms with Crippen molar-refractivity contribution in [2.45, 2.75) is 13.3 Å². The van der Waals surface area contributed by atoms with Gasteiger partial charge in [-0.2, -0.15) is 5.10 Å². The average Bonchev–Trinajstić information content (AvgIpc) is 2.96. The summed E-state index contributed by atoms with van der Waals surface area (Å²) in [5, 5.41) is 10.4. The Morgan fingerprint density at radius 1 is 1.38 bits per heavy atom. The maximum Gasteiger partial charge on any atom is 0.255 e. The van der Waals surface area contributed by atoms with Crippen LogP contribution in [0.5, 0.6) is 0 Å². The number of nitrogens with zero attached hydrogens (tertiary/aromatic N) is 2. The van der Waals surface area contributed by atoms with E-state index in [0.29, 0.717) is 12.1 Å². The Morgan fingerprint density at radius 3 is 2.79 bits per heavy atom. The molecule has 5 nitrogen and oxygen atoms in total. The highest BCUT2D eigenvalue weighted by atomic mass is 35.5. The normalized spacial score (nSPS) is 13.8. The molecule has 1 aliphatic heterocycles. The van der Waals surface area contributed by atoms with Crippen LogP contribution in [0.4, 0.5) is 4.39 Å². The first-order valence-corrected chi connectivity index (χ1v) is 7.62. The van der Waals surface area contributed by atoms with Crippen LogP contribution in [0.3, 0.4) is 0 Å². The van der Waals surface area contributed by atoms with Crippen LogP contribution in [0.2, 0.25) is 0 Å². The van der Waals surface area contributed by atoms with Crippen molar-refractivity contribution < 1.29 is 9.18 Å². The number of rotatable bonds is 4. The fourth-order valence-electron chi connectivity index (χ4n) is 2.59. The molecule has 0 spiro atoms. The van der Waals surface area contributed by atoms with Crippen molar-refractivity contribution >= 4 is 18.3 Å². The molecule has 1 aromatic carbocycles. The van der Waals surface area contributed by atoms with Gasteiger partial charge in [0.1, 0.15) is 5.82 Å². The number of benzene rings is 1. The van der Waals surface area contributed by atoms with Gasteiger partial charge >= 0.3 is 0 Å². The summed E-state index contributed by atoms with van der Waals surface area (Å²) in [4.78, 5) is 12.3. The van der Waals surface area contributed by atoms with Crippen LogP contribution < -0.4 is 10.6 Å². The third-order valence-corrected chi connectivity index (χ3v) is 3.96. The lowest BCUT2D eigenvalue weighted by Gasteiger charge is -2.14. The molecule has 1 amide bonds. The van der Waals surface area contributed by atoms with Crippen molar-refractivity contribution in [1.29, 1.82) is 0 Å². The predicted molar refractivity (Wildman–Crippen MR) is 93.4 cm³/mol. The largest absolute Gasteiger partial charge is 0.348 e. The second-order valence-corrected chi connectivity index (χ2v) is 5.53. The molecule has 0 unspecified atom stereocenters. The lowest BCUT2D eigenvalue weighted by atomic mass is 10.1. The van der Waals surface area contributed by atoms with Crippen LogP contribution in [0.25, 0.3) is 5.69 Å². The number of hydrogen-bond donors (Lipinski definition) is 2. The van der Waals surface area contributed by atoms with E-state index in [1.165, 1.54) is 17.7 Å². The number of nitrogens with one attached hydrogen (secondary N) is 2. The minimum absolute atomic E-state index is 0. The molecule has 0 atom stereocenters. The van der Waals surface area contributed by atoms with Gasteiger partial charge < -0.3 is 10.6 Å². The van der Waals surface area contributed by atoms with Gasteiger partial charge in [0.25, 0.3) is 5.91 Å². The Hall–Kier alpha value is -2.18. The van der Waals surface area contributed by atoms with Crippen LogP contribution in [-0.2, 0) is 0 Å². The minimum Gasteiger partial charge on any atom is -0.348 e. The van der Waals surface area contributed by atoms with Crippen molar-refractivity contribution in [2.75, 3.05) is 19.6 Å². The Morgan fingerprint density at radius 2 is 2.12 bits per heavy atom. The van der Waals surface area contributed by atoms with E-state index >= 15 is 0 Å². The van der Waals surface area contributed by atoms with Gasteiger partial charge in [0.05, 0.1) is 23.1 Å². The zero-order valence-electron chi connectivity index (χ0n) is 13.4. The highest BCUT2D eigenvalue weighted by molar-refractivity contribution is 5.95. The summed E-state index contributed by atoms with van der Waals surface area (Å²) < 4.78 is 14.6. The lowest BCUT2D eigenvalue weighted by Crippen LogP contribution is -2.29. The summed E-state index contributed by atoms with van der Waals surface area (Å²) in [7, 11) is 0. The van der Waals surface area contributed by atoms with Gasteiger partial charge in [0.15, 0.2) is 0 Å². The maximum absolute atomic E-state index is 13.0. The molecule has 128 valence electrons. The lowest BCUT2D eigenvalue weighted by molar-refractivity contribution is 0.0956. The molecule has 7 heteroatoms. The fraction of sp³-hybridized carbons (Fsp3) is 0.294. The number of carbonyl (C=O) groups excluding carboxylic acids is 1. The third kappa shape index (κ3) is 4.01. The highest BCUT2D eigenvalue weighted by Crippen LogP contribution is 2.15. The Bertz CT molecular complexity index is 740. The van der Waals surface area contributed by atoms with E-state index in [4.69, 9.17) is 0 Å². The zero-order chi connectivity index (χ0) is 16.2. The standard InChI is InChI=1S/C17H19FN4O.ClH/c1-12-16(17(23)20-10-13-6-8-19-9-7-13)11-21-22(12)15-4-2-14(18)3-5-15;/h2-6,11,19H,7-10H2,1H3,(H,20,23);1H. The molecule has 3 rings (SSSR count). The fourth-order valence-corrected chi connectivity index (χ4v) is 2.59. The summed E-state index contributed by atoms with van der Waals surface area (Å²) in [5.74, 6) is -0.443. The maximum atomic E-state index is 13.0. The summed E-state index contributed by atoms with van der Waals surface area (Å²) in [6.07, 6.45) is 4.61. The van der Waals surface area contributed by atoms with Gasteiger partial charge in [0, 0.05) is 13.1 Å². The second kappa shape index (κ2) is 8.08. The topological polar surface area (TPSA) is 59.0 Å². The van der Waals surface area contributed by atoms with Gasteiger partial charge in [-0.25, -0.2) is 9.07 Å². The van der Waals surface area contributed by atoms with Gasteiger partial charge in [-0.3, -0.25) is 4.79 Å². The van der Waals surface area contributed by atoms with E-state index in [-0.39, 0.29) is 24.1 Å². The van der Waals surface area contributed by atoms with Crippen LogP contribution in [0.1, 0.15) is 22.5 Å². The third-order valence-electron chi connectivity index (χ3n) is 3.96. The first-order valence-electron chi connectivity index (χ1n) is 7.62. The number of aromatic nitrogens is 2. The Balaban J connectivity index is 0.00000208. The molecule has 0 aliphatic carbocycles. The molecular weight excluding hydrogens is 331 g/mol. The van der Waals surface area contributed by atoms with E-state index in [9.17, 15) is 9.18 Å². The van der Waals surface area contributed by atoms with Crippen molar-refractivity contribution in [2.24, 2.45) is 0 Å². The van der Waals surface area contributed by atoms with Crippen LogP contribution in [-0.4, -0.2) is 35.3 Å². The molecule has 24 heavy (non-hydrogen) atoms. The van der Waals surface area contributed by atoms with E-state index in [1.54, 1.807) is 23.0 Å². The monoisotopic (exact) mass is 350 g/mol. The number of carbonyl (C=O) groups is 1. The quantitative estimate of drug-likeness (QED) is 0.832. The number of amides is 1. The van der Waals surface area contributed by atoms with Gasteiger partial charge in [0.2, 0.25) is 0 Å². The second-order valence-electron chi connectivity index (χ2n) is 5.53. The number of hydrogen-bond acceptors (Lipinski definition) is 3. The molecule has 2 heterocycles. The van der Waals surface area contributed by atoms with E-state index in [2.05, 4.69) is 21.8 Å². The van der Waals surface area contributed by atoms with Gasteiger partial charge in [-0.1, -0.05) is 11.6 Å². The summed E-state index contributed by atoms with van der Waals surface area (Å²) >= 11 is 0. The first kappa shape index (κ1) is 18.2. The molecule has 1 aliphatic rings. The molecule has 1 aromatic heterocycles. The molecular formula is C17H20ClFN4O. The summed E-state index contributed by atoms with van der Waals surface area (Å²) in [6.45, 7) is 4.19. The molecule has 0 radical (unpaired) electrons. The SMILES string of the molecule is Cc1c(C(=O)NCC2=CCNCC2)cnn1-c1ccc(F)cc1.Cl. The molecule has 0 fully saturated rings. The Kier molecular flexibility index (Phi) is 6.11. The van der Waals surface area contributed by atoms with Gasteiger partial charge in [-0.15, -0.1) is 12.4 Å². The number of halogens is 2. The first-order chi connectivity index (χ1) is 11.1. The minimum atomic E-state index is -0.299. The smallest absolute Gasteiger partial charge is 0.255 e. The van der Waals surface area contributed by atoms with Crippen molar-refractivity contribution in [3.63, 3.8) is 0 Å².